The second-order valence-corrected chi connectivity index (χ2v) is 9.08. The summed E-state index contributed by atoms with van der Waals surface area (Å²) >= 11 is 0. The van der Waals surface area contributed by atoms with Crippen LogP contribution in [0.2, 0.25) is 0 Å². The summed E-state index contributed by atoms with van der Waals surface area (Å²) in [5.41, 5.74) is 0.916. The lowest BCUT2D eigenvalue weighted by molar-refractivity contribution is -0.170. The van der Waals surface area contributed by atoms with Crippen molar-refractivity contribution in [1.82, 2.24) is 5.32 Å². The first-order chi connectivity index (χ1) is 15.8. The van der Waals surface area contributed by atoms with E-state index < -0.39 is 17.4 Å². The summed E-state index contributed by atoms with van der Waals surface area (Å²) in [6.45, 7) is 8.37. The maximum Gasteiger partial charge on any atom is 0.324 e. The van der Waals surface area contributed by atoms with Gasteiger partial charge in [0.05, 0.1) is 12.6 Å². The first kappa shape index (κ1) is 28.7. The van der Waals surface area contributed by atoms with Crippen molar-refractivity contribution < 1.29 is 19.4 Å². The van der Waals surface area contributed by atoms with E-state index in [9.17, 15) is 14.7 Å². The van der Waals surface area contributed by atoms with Gasteiger partial charge in [-0.25, -0.2) is 0 Å². The molecule has 1 aromatic carbocycles. The molecule has 1 aromatic rings. The van der Waals surface area contributed by atoms with Gasteiger partial charge in [-0.05, 0) is 44.2 Å². The van der Waals surface area contributed by atoms with Crippen LogP contribution in [0.1, 0.15) is 96.6 Å². The third-order valence-corrected chi connectivity index (χ3v) is 6.01. The fourth-order valence-electron chi connectivity index (χ4n) is 3.31. The van der Waals surface area contributed by atoms with Gasteiger partial charge in [0.1, 0.15) is 0 Å². The van der Waals surface area contributed by atoms with Crippen LogP contribution < -0.4 is 5.32 Å². The predicted molar refractivity (Wildman–Crippen MR) is 134 cm³/mol. The van der Waals surface area contributed by atoms with Crippen molar-refractivity contribution in [3.63, 3.8) is 0 Å². The molecule has 0 aliphatic rings. The van der Waals surface area contributed by atoms with Crippen LogP contribution in [-0.2, 0) is 27.3 Å². The molecule has 0 fully saturated rings. The number of hydrogen-bond donors (Lipinski definition) is 2. The second kappa shape index (κ2) is 16.3. The molecule has 0 bridgehead atoms. The van der Waals surface area contributed by atoms with Crippen LogP contribution in [0, 0.1) is 17.3 Å². The van der Waals surface area contributed by atoms with E-state index in [4.69, 9.17) is 4.74 Å². The smallest absolute Gasteiger partial charge is 0.324 e. The van der Waals surface area contributed by atoms with Crippen molar-refractivity contribution in [2.45, 2.75) is 105 Å². The van der Waals surface area contributed by atoms with Crippen molar-refractivity contribution in [3.05, 3.63) is 35.4 Å². The summed E-state index contributed by atoms with van der Waals surface area (Å²) in [4.78, 5) is 23.9. The van der Waals surface area contributed by atoms with Gasteiger partial charge in [-0.1, -0.05) is 82.6 Å². The first-order valence-electron chi connectivity index (χ1n) is 12.5. The van der Waals surface area contributed by atoms with E-state index in [1.807, 2.05) is 6.92 Å². The van der Waals surface area contributed by atoms with Crippen molar-refractivity contribution in [1.29, 1.82) is 0 Å². The van der Waals surface area contributed by atoms with Crippen molar-refractivity contribution >= 4 is 11.9 Å². The Labute approximate surface area is 200 Å². The topological polar surface area (TPSA) is 75.6 Å². The summed E-state index contributed by atoms with van der Waals surface area (Å²) in [6, 6.07) is 8.68. The molecule has 0 spiro atoms. The molecule has 0 heterocycles. The number of aryl methyl sites for hydroxylation is 1. The first-order valence-corrected chi connectivity index (χ1v) is 12.5. The molecule has 2 N–H and O–H groups in total. The fraction of sp³-hybridized carbons (Fsp3) is 0.643. The average Bonchev–Trinajstić information content (AvgIpc) is 2.81. The maximum atomic E-state index is 12.3. The van der Waals surface area contributed by atoms with Crippen LogP contribution in [0.25, 0.3) is 0 Å². The molecule has 0 saturated heterocycles. The van der Waals surface area contributed by atoms with E-state index >= 15 is 0 Å². The van der Waals surface area contributed by atoms with Gasteiger partial charge in [-0.3, -0.25) is 9.59 Å². The Bertz CT molecular complexity index is 762. The van der Waals surface area contributed by atoms with Gasteiger partial charge in [0.25, 0.3) is 0 Å². The van der Waals surface area contributed by atoms with Crippen molar-refractivity contribution in [2.75, 3.05) is 6.54 Å². The van der Waals surface area contributed by atoms with E-state index in [1.165, 1.54) is 63.0 Å². The molecule has 0 aliphatic carbocycles. The van der Waals surface area contributed by atoms with Crippen LogP contribution in [0.5, 0.6) is 0 Å². The number of esters is 1. The average molecular weight is 458 g/mol. The van der Waals surface area contributed by atoms with Crippen LogP contribution in [0.3, 0.4) is 0 Å². The second-order valence-electron chi connectivity index (χ2n) is 9.08. The number of benzene rings is 1. The minimum absolute atomic E-state index is 0.0768. The number of carboxylic acids is 1. The SMILES string of the molecule is CCCCCCCCCc1ccc(CNCC#CCC(C)(C(=O)O)C(=O)OC(C)CC)cc1. The number of carboxylic acid groups (broad SMARTS) is 1. The molecular formula is C28H43NO4. The Morgan fingerprint density at radius 1 is 1.00 bits per heavy atom. The molecule has 5 nitrogen and oxygen atoms in total. The fourth-order valence-corrected chi connectivity index (χ4v) is 3.31. The van der Waals surface area contributed by atoms with Gasteiger partial charge in [0.2, 0.25) is 0 Å². The van der Waals surface area contributed by atoms with Crippen LogP contribution in [0.4, 0.5) is 0 Å². The minimum Gasteiger partial charge on any atom is -0.480 e. The highest BCUT2D eigenvalue weighted by molar-refractivity contribution is 5.99. The van der Waals surface area contributed by atoms with Crippen LogP contribution in [0.15, 0.2) is 24.3 Å². The molecule has 0 saturated carbocycles. The third-order valence-electron chi connectivity index (χ3n) is 6.01. The summed E-state index contributed by atoms with van der Waals surface area (Å²) in [5.74, 6) is 3.80. The number of rotatable bonds is 16. The van der Waals surface area contributed by atoms with Gasteiger partial charge in [-0.2, -0.15) is 0 Å². The molecule has 2 unspecified atom stereocenters. The lowest BCUT2D eigenvalue weighted by Crippen LogP contribution is -2.39. The van der Waals surface area contributed by atoms with Gasteiger partial charge in [0, 0.05) is 13.0 Å². The normalized spacial score (nSPS) is 13.5. The van der Waals surface area contributed by atoms with Crippen LogP contribution >= 0.6 is 0 Å². The van der Waals surface area contributed by atoms with Crippen molar-refractivity contribution in [3.8, 4) is 11.8 Å². The third kappa shape index (κ3) is 11.4. The van der Waals surface area contributed by atoms with E-state index in [0.717, 1.165) is 6.42 Å². The molecule has 0 aliphatic heterocycles. The quantitative estimate of drug-likeness (QED) is 0.140. The summed E-state index contributed by atoms with van der Waals surface area (Å²) in [6.07, 6.45) is 10.7. The van der Waals surface area contributed by atoms with Gasteiger partial charge < -0.3 is 15.2 Å². The van der Waals surface area contributed by atoms with Crippen LogP contribution in [-0.4, -0.2) is 29.7 Å². The summed E-state index contributed by atoms with van der Waals surface area (Å²) < 4.78 is 5.22. The Morgan fingerprint density at radius 3 is 2.21 bits per heavy atom. The largest absolute Gasteiger partial charge is 0.480 e. The number of aliphatic carboxylic acids is 1. The zero-order valence-corrected chi connectivity index (χ0v) is 21.0. The monoisotopic (exact) mass is 457 g/mol. The van der Waals surface area contributed by atoms with E-state index in [1.54, 1.807) is 6.92 Å². The van der Waals surface area contributed by atoms with Crippen molar-refractivity contribution in [2.24, 2.45) is 5.41 Å². The Balaban J connectivity index is 2.34. The van der Waals surface area contributed by atoms with Gasteiger partial charge >= 0.3 is 11.9 Å². The number of carbonyl (C=O) groups excluding carboxylic acids is 1. The molecule has 0 amide bonds. The summed E-state index contributed by atoms with van der Waals surface area (Å²) in [5, 5.41) is 12.7. The Kier molecular flexibility index (Phi) is 14.2. The highest BCUT2D eigenvalue weighted by Gasteiger charge is 2.43. The molecule has 184 valence electrons. The summed E-state index contributed by atoms with van der Waals surface area (Å²) in [7, 11) is 0. The van der Waals surface area contributed by atoms with Gasteiger partial charge in [-0.15, -0.1) is 5.92 Å². The zero-order valence-electron chi connectivity index (χ0n) is 21.0. The molecule has 1 rings (SSSR count). The lowest BCUT2D eigenvalue weighted by Gasteiger charge is -2.22. The highest BCUT2D eigenvalue weighted by atomic mass is 16.5. The number of nitrogens with one attached hydrogen (secondary N) is 1. The molecule has 5 heteroatoms. The zero-order chi connectivity index (χ0) is 24.5. The van der Waals surface area contributed by atoms with E-state index in [-0.39, 0.29) is 12.5 Å². The molecule has 0 aromatic heterocycles. The minimum atomic E-state index is -1.65. The van der Waals surface area contributed by atoms with E-state index in [0.29, 0.717) is 19.5 Å². The predicted octanol–water partition coefficient (Wildman–Crippen LogP) is 5.90. The Hall–Kier alpha value is -2.32. The standard InChI is InChI=1S/C28H43NO4/c1-5-7-8-9-10-11-12-15-24-16-18-25(19-17-24)22-29-21-14-13-20-28(4,26(30)31)27(32)33-23(3)6-2/h16-19,23,29H,5-12,15,20-22H2,1-4H3,(H,30,31). The molecule has 33 heavy (non-hydrogen) atoms. The number of ether oxygens (including phenoxy) is 1. The molecule has 2 atom stereocenters. The number of carbonyl (C=O) groups is 2. The number of hydrogen-bond acceptors (Lipinski definition) is 4. The molecule has 0 radical (unpaired) electrons. The maximum absolute atomic E-state index is 12.3. The number of unbranched alkanes of at least 4 members (excludes halogenated alkanes) is 6. The molecular weight excluding hydrogens is 414 g/mol. The van der Waals surface area contributed by atoms with Gasteiger partial charge in [0.15, 0.2) is 5.41 Å². The lowest BCUT2D eigenvalue weighted by atomic mass is 9.87. The Morgan fingerprint density at radius 2 is 1.61 bits per heavy atom. The highest BCUT2D eigenvalue weighted by Crippen LogP contribution is 2.24. The van der Waals surface area contributed by atoms with E-state index in [2.05, 4.69) is 48.3 Å².